The molecule has 0 heterocycles. The normalized spacial score (nSPS) is 12.0. The van der Waals surface area contributed by atoms with E-state index in [9.17, 15) is 18.0 Å². The summed E-state index contributed by atoms with van der Waals surface area (Å²) in [6, 6.07) is 29.4. The molecule has 1 atom stereocenters. The van der Waals surface area contributed by atoms with Crippen LogP contribution >= 0.6 is 0 Å². The number of methoxy groups -OCH3 is 1. The number of hydrogen-bond acceptors (Lipinski definition) is 5. The first-order valence-electron chi connectivity index (χ1n) is 14.9. The number of aryl methyl sites for hydroxylation is 2. The highest BCUT2D eigenvalue weighted by atomic mass is 32.2. The number of rotatable bonds is 13. The molecule has 2 amide bonds. The van der Waals surface area contributed by atoms with Crippen LogP contribution in [-0.2, 0) is 32.6 Å². The Kier molecular flexibility index (Phi) is 11.0. The molecule has 4 rings (SSSR count). The summed E-state index contributed by atoms with van der Waals surface area (Å²) in [6.07, 6.45) is 0.246. The van der Waals surface area contributed by atoms with E-state index in [-0.39, 0.29) is 35.5 Å². The SMILES string of the molecule is COc1ccc(C)cc1N(CC(=O)N(Cc1ccccc1)C(Cc1ccccc1)C(=O)NC(C)C)S(=O)(=O)c1ccc(C)cc1. The summed E-state index contributed by atoms with van der Waals surface area (Å²) in [5.41, 5.74) is 3.61. The van der Waals surface area contributed by atoms with Crippen molar-refractivity contribution in [2.75, 3.05) is 18.0 Å². The van der Waals surface area contributed by atoms with E-state index in [2.05, 4.69) is 5.32 Å². The van der Waals surface area contributed by atoms with Crippen molar-refractivity contribution in [1.29, 1.82) is 0 Å². The maximum absolute atomic E-state index is 14.6. The zero-order chi connectivity index (χ0) is 32.6. The van der Waals surface area contributed by atoms with Gasteiger partial charge in [-0.2, -0.15) is 0 Å². The number of ether oxygens (including phenoxy) is 1. The van der Waals surface area contributed by atoms with Gasteiger partial charge in [-0.3, -0.25) is 13.9 Å². The van der Waals surface area contributed by atoms with E-state index < -0.39 is 28.5 Å². The Bertz CT molecular complexity index is 1690. The van der Waals surface area contributed by atoms with E-state index in [1.165, 1.54) is 24.1 Å². The summed E-state index contributed by atoms with van der Waals surface area (Å²) in [5.74, 6) is -0.547. The number of carbonyl (C=O) groups is 2. The fourth-order valence-corrected chi connectivity index (χ4v) is 6.48. The number of nitrogens with zero attached hydrogens (tertiary/aromatic N) is 2. The number of nitrogens with one attached hydrogen (secondary N) is 1. The molecular formula is C36H41N3O5S. The third kappa shape index (κ3) is 8.51. The Morgan fingerprint density at radius 2 is 1.38 bits per heavy atom. The fourth-order valence-electron chi connectivity index (χ4n) is 5.06. The lowest BCUT2D eigenvalue weighted by Crippen LogP contribution is -2.54. The van der Waals surface area contributed by atoms with Crippen LogP contribution in [0.5, 0.6) is 5.75 Å². The number of anilines is 1. The van der Waals surface area contributed by atoms with Crippen molar-refractivity contribution in [3.63, 3.8) is 0 Å². The molecule has 0 fully saturated rings. The first-order valence-corrected chi connectivity index (χ1v) is 16.4. The molecule has 9 heteroatoms. The van der Waals surface area contributed by atoms with Crippen molar-refractivity contribution >= 4 is 27.5 Å². The molecule has 0 saturated heterocycles. The Balaban J connectivity index is 1.84. The molecule has 0 spiro atoms. The Morgan fingerprint density at radius 1 is 0.800 bits per heavy atom. The third-order valence-corrected chi connectivity index (χ3v) is 9.16. The molecule has 4 aromatic carbocycles. The van der Waals surface area contributed by atoms with Gasteiger partial charge in [0, 0.05) is 19.0 Å². The number of benzene rings is 4. The molecule has 0 bridgehead atoms. The minimum atomic E-state index is -4.24. The van der Waals surface area contributed by atoms with Crippen LogP contribution in [0.15, 0.2) is 108 Å². The lowest BCUT2D eigenvalue weighted by molar-refractivity contribution is -0.140. The quantitative estimate of drug-likeness (QED) is 0.206. The Labute approximate surface area is 266 Å². The molecular weight excluding hydrogens is 586 g/mol. The molecule has 0 radical (unpaired) electrons. The largest absolute Gasteiger partial charge is 0.495 e. The monoisotopic (exact) mass is 627 g/mol. The van der Waals surface area contributed by atoms with Crippen LogP contribution in [0.4, 0.5) is 5.69 Å². The molecule has 0 aliphatic carbocycles. The van der Waals surface area contributed by atoms with Gasteiger partial charge in [-0.1, -0.05) is 84.4 Å². The van der Waals surface area contributed by atoms with Crippen LogP contribution in [0.3, 0.4) is 0 Å². The van der Waals surface area contributed by atoms with Crippen molar-refractivity contribution in [3.05, 3.63) is 125 Å². The summed E-state index contributed by atoms with van der Waals surface area (Å²) in [5, 5.41) is 2.97. The summed E-state index contributed by atoms with van der Waals surface area (Å²) in [6.45, 7) is 6.99. The van der Waals surface area contributed by atoms with Gasteiger partial charge in [-0.15, -0.1) is 0 Å². The summed E-state index contributed by atoms with van der Waals surface area (Å²) in [7, 11) is -2.78. The number of hydrogen-bond donors (Lipinski definition) is 1. The first-order chi connectivity index (χ1) is 21.5. The minimum absolute atomic E-state index is 0.0393. The van der Waals surface area contributed by atoms with Crippen molar-refractivity contribution in [1.82, 2.24) is 10.2 Å². The van der Waals surface area contributed by atoms with E-state index in [1.54, 1.807) is 24.3 Å². The molecule has 4 aromatic rings. The predicted octanol–water partition coefficient (Wildman–Crippen LogP) is 5.67. The van der Waals surface area contributed by atoms with Gasteiger partial charge in [0.2, 0.25) is 11.8 Å². The van der Waals surface area contributed by atoms with Gasteiger partial charge in [0.05, 0.1) is 17.7 Å². The Morgan fingerprint density at radius 3 is 1.96 bits per heavy atom. The van der Waals surface area contributed by atoms with Crippen LogP contribution < -0.4 is 14.4 Å². The second-order valence-corrected chi connectivity index (χ2v) is 13.2. The third-order valence-electron chi connectivity index (χ3n) is 7.39. The zero-order valence-electron chi connectivity index (χ0n) is 26.4. The zero-order valence-corrected chi connectivity index (χ0v) is 27.3. The molecule has 8 nitrogen and oxygen atoms in total. The Hall–Kier alpha value is -4.63. The molecule has 1 unspecified atom stereocenters. The number of carbonyl (C=O) groups excluding carboxylic acids is 2. The summed E-state index contributed by atoms with van der Waals surface area (Å²) >= 11 is 0. The van der Waals surface area contributed by atoms with E-state index >= 15 is 0 Å². The lowest BCUT2D eigenvalue weighted by Gasteiger charge is -2.34. The van der Waals surface area contributed by atoms with Gasteiger partial charge in [0.1, 0.15) is 18.3 Å². The van der Waals surface area contributed by atoms with Crippen LogP contribution in [0.1, 0.15) is 36.1 Å². The smallest absolute Gasteiger partial charge is 0.264 e. The second-order valence-electron chi connectivity index (χ2n) is 11.4. The first kappa shape index (κ1) is 33.3. The molecule has 0 aliphatic heterocycles. The van der Waals surface area contributed by atoms with Gasteiger partial charge in [-0.25, -0.2) is 8.42 Å². The summed E-state index contributed by atoms with van der Waals surface area (Å²) < 4.78 is 35.3. The van der Waals surface area contributed by atoms with Crippen molar-refractivity contribution in [3.8, 4) is 5.75 Å². The van der Waals surface area contributed by atoms with Crippen molar-refractivity contribution < 1.29 is 22.7 Å². The fraction of sp³-hybridized carbons (Fsp3) is 0.278. The highest BCUT2D eigenvalue weighted by Gasteiger charge is 2.35. The van der Waals surface area contributed by atoms with Crippen LogP contribution in [0.25, 0.3) is 0 Å². The van der Waals surface area contributed by atoms with Crippen LogP contribution in [-0.4, -0.2) is 50.9 Å². The van der Waals surface area contributed by atoms with E-state index in [0.29, 0.717) is 5.75 Å². The minimum Gasteiger partial charge on any atom is -0.495 e. The molecule has 0 aliphatic rings. The van der Waals surface area contributed by atoms with Gasteiger partial charge in [0.15, 0.2) is 0 Å². The lowest BCUT2D eigenvalue weighted by atomic mass is 10.0. The molecule has 45 heavy (non-hydrogen) atoms. The van der Waals surface area contributed by atoms with Gasteiger partial charge < -0.3 is 15.0 Å². The van der Waals surface area contributed by atoms with E-state index in [4.69, 9.17) is 4.74 Å². The van der Waals surface area contributed by atoms with Gasteiger partial charge in [-0.05, 0) is 68.7 Å². The average Bonchev–Trinajstić information content (AvgIpc) is 3.02. The van der Waals surface area contributed by atoms with Gasteiger partial charge >= 0.3 is 0 Å². The van der Waals surface area contributed by atoms with E-state index in [0.717, 1.165) is 26.6 Å². The molecule has 236 valence electrons. The molecule has 0 aromatic heterocycles. The topological polar surface area (TPSA) is 96.0 Å². The maximum atomic E-state index is 14.6. The number of amides is 2. The molecule has 1 N–H and O–H groups in total. The maximum Gasteiger partial charge on any atom is 0.264 e. The van der Waals surface area contributed by atoms with Crippen molar-refractivity contribution in [2.24, 2.45) is 0 Å². The van der Waals surface area contributed by atoms with E-state index in [1.807, 2.05) is 94.4 Å². The number of sulfonamides is 1. The van der Waals surface area contributed by atoms with Gasteiger partial charge in [0.25, 0.3) is 10.0 Å². The standard InChI is InChI=1S/C36H41N3O5S/c1-26(2)37-36(41)33(23-29-12-8-6-9-13-29)38(24-30-14-10-7-11-15-30)35(40)25-39(32-22-28(4)18-21-34(32)44-5)45(42,43)31-19-16-27(3)17-20-31/h6-22,26,33H,23-25H2,1-5H3,(H,37,41). The highest BCUT2D eigenvalue weighted by Crippen LogP contribution is 2.34. The van der Waals surface area contributed by atoms with Crippen LogP contribution in [0.2, 0.25) is 0 Å². The second kappa shape index (κ2) is 14.9. The van der Waals surface area contributed by atoms with Crippen molar-refractivity contribution in [2.45, 2.75) is 57.6 Å². The highest BCUT2D eigenvalue weighted by molar-refractivity contribution is 7.92. The summed E-state index contributed by atoms with van der Waals surface area (Å²) in [4.78, 5) is 29.9. The molecule has 0 saturated carbocycles. The predicted molar refractivity (Wildman–Crippen MR) is 178 cm³/mol. The van der Waals surface area contributed by atoms with Crippen LogP contribution in [0, 0.1) is 13.8 Å². The average molecular weight is 628 g/mol.